The number of nitrogens with zero attached hydrogens (tertiary/aromatic N) is 6. The SMILES string of the molecule is Cc1nonc1CC(=O)N1CCC[C@H]1c1nc(N(C)C)ncc1-c1ccc(Cl)cc1. The number of aryl methyl sites for hydroxylation is 1. The van der Waals surface area contributed by atoms with Crippen molar-refractivity contribution in [3.63, 3.8) is 0 Å². The van der Waals surface area contributed by atoms with E-state index in [0.29, 0.717) is 28.9 Å². The summed E-state index contributed by atoms with van der Waals surface area (Å²) >= 11 is 6.07. The molecule has 2 aromatic heterocycles. The van der Waals surface area contributed by atoms with E-state index in [9.17, 15) is 4.79 Å². The highest BCUT2D eigenvalue weighted by Gasteiger charge is 2.34. The zero-order valence-electron chi connectivity index (χ0n) is 17.2. The molecule has 156 valence electrons. The van der Waals surface area contributed by atoms with Gasteiger partial charge < -0.3 is 9.80 Å². The minimum absolute atomic E-state index is 0.0108. The Hall–Kier alpha value is -3.00. The fourth-order valence-corrected chi connectivity index (χ4v) is 3.84. The van der Waals surface area contributed by atoms with E-state index in [4.69, 9.17) is 21.2 Å². The van der Waals surface area contributed by atoms with Crippen LogP contribution in [-0.4, -0.2) is 51.7 Å². The second-order valence-electron chi connectivity index (χ2n) is 7.59. The molecule has 3 heterocycles. The number of anilines is 1. The molecule has 3 aromatic rings. The van der Waals surface area contributed by atoms with Gasteiger partial charge in [-0.2, -0.15) is 0 Å². The molecule has 8 nitrogen and oxygen atoms in total. The summed E-state index contributed by atoms with van der Waals surface area (Å²) in [6.45, 7) is 2.46. The molecule has 0 unspecified atom stereocenters. The van der Waals surface area contributed by atoms with Crippen molar-refractivity contribution in [3.8, 4) is 11.1 Å². The number of hydrogen-bond donors (Lipinski definition) is 0. The molecular weight excluding hydrogens is 404 g/mol. The monoisotopic (exact) mass is 426 g/mol. The number of likely N-dealkylation sites (tertiary alicyclic amines) is 1. The average molecular weight is 427 g/mol. The molecule has 0 bridgehead atoms. The summed E-state index contributed by atoms with van der Waals surface area (Å²) in [6.07, 6.45) is 3.74. The number of halogens is 1. The fourth-order valence-electron chi connectivity index (χ4n) is 3.71. The van der Waals surface area contributed by atoms with Crippen molar-refractivity contribution in [1.29, 1.82) is 0 Å². The van der Waals surface area contributed by atoms with Crippen LogP contribution in [0.15, 0.2) is 35.1 Å². The molecule has 1 aliphatic heterocycles. The number of rotatable bonds is 5. The van der Waals surface area contributed by atoms with Crippen molar-refractivity contribution in [2.45, 2.75) is 32.2 Å². The molecule has 4 rings (SSSR count). The zero-order chi connectivity index (χ0) is 21.3. The summed E-state index contributed by atoms with van der Waals surface area (Å²) in [6, 6.07) is 7.46. The third-order valence-corrected chi connectivity index (χ3v) is 5.57. The van der Waals surface area contributed by atoms with Gasteiger partial charge in [-0.3, -0.25) is 4.79 Å². The number of aromatic nitrogens is 4. The Kier molecular flexibility index (Phi) is 5.67. The van der Waals surface area contributed by atoms with Crippen LogP contribution >= 0.6 is 11.6 Å². The minimum Gasteiger partial charge on any atom is -0.347 e. The van der Waals surface area contributed by atoms with Crippen LogP contribution in [0.1, 0.15) is 36.0 Å². The Morgan fingerprint density at radius 1 is 1.27 bits per heavy atom. The molecule has 0 aliphatic carbocycles. The number of hydrogen-bond acceptors (Lipinski definition) is 7. The van der Waals surface area contributed by atoms with Crippen molar-refractivity contribution >= 4 is 23.5 Å². The lowest BCUT2D eigenvalue weighted by Gasteiger charge is -2.26. The van der Waals surface area contributed by atoms with Crippen LogP contribution in [0.4, 0.5) is 5.95 Å². The normalized spacial score (nSPS) is 16.1. The number of amides is 1. The van der Waals surface area contributed by atoms with Gasteiger partial charge in [-0.25, -0.2) is 14.6 Å². The summed E-state index contributed by atoms with van der Waals surface area (Å²) in [5.41, 5.74) is 3.92. The lowest BCUT2D eigenvalue weighted by molar-refractivity contribution is -0.131. The first-order valence-corrected chi connectivity index (χ1v) is 10.2. The van der Waals surface area contributed by atoms with Gasteiger partial charge in [-0.15, -0.1) is 0 Å². The van der Waals surface area contributed by atoms with E-state index in [-0.39, 0.29) is 18.4 Å². The molecule has 1 fully saturated rings. The molecule has 1 amide bonds. The van der Waals surface area contributed by atoms with E-state index in [1.165, 1.54) is 0 Å². The first-order chi connectivity index (χ1) is 14.4. The molecule has 1 saturated heterocycles. The molecule has 1 atom stereocenters. The largest absolute Gasteiger partial charge is 0.347 e. The molecular formula is C21H23ClN6O2. The van der Waals surface area contributed by atoms with E-state index in [2.05, 4.69) is 15.3 Å². The Balaban J connectivity index is 1.71. The smallest absolute Gasteiger partial charge is 0.229 e. The van der Waals surface area contributed by atoms with Gasteiger partial charge in [-0.05, 0) is 37.5 Å². The van der Waals surface area contributed by atoms with Crippen LogP contribution in [-0.2, 0) is 11.2 Å². The van der Waals surface area contributed by atoms with Crippen LogP contribution in [0.2, 0.25) is 5.02 Å². The molecule has 0 spiro atoms. The minimum atomic E-state index is -0.134. The van der Waals surface area contributed by atoms with E-state index >= 15 is 0 Å². The van der Waals surface area contributed by atoms with Gasteiger partial charge in [0, 0.05) is 37.4 Å². The predicted molar refractivity (Wildman–Crippen MR) is 113 cm³/mol. The maximum Gasteiger partial charge on any atom is 0.229 e. The van der Waals surface area contributed by atoms with Gasteiger partial charge in [0.2, 0.25) is 11.9 Å². The van der Waals surface area contributed by atoms with Gasteiger partial charge >= 0.3 is 0 Å². The summed E-state index contributed by atoms with van der Waals surface area (Å²) in [4.78, 5) is 26.2. The highest BCUT2D eigenvalue weighted by atomic mass is 35.5. The highest BCUT2D eigenvalue weighted by molar-refractivity contribution is 6.30. The topological polar surface area (TPSA) is 88.2 Å². The zero-order valence-corrected chi connectivity index (χ0v) is 17.9. The first kappa shape index (κ1) is 20.3. The molecule has 0 N–H and O–H groups in total. The lowest BCUT2D eigenvalue weighted by Crippen LogP contribution is -2.33. The van der Waals surface area contributed by atoms with Gasteiger partial charge in [0.15, 0.2) is 0 Å². The summed E-state index contributed by atoms with van der Waals surface area (Å²) < 4.78 is 4.74. The fraction of sp³-hybridized carbons (Fsp3) is 0.381. The van der Waals surface area contributed by atoms with Crippen molar-refractivity contribution in [1.82, 2.24) is 25.2 Å². The summed E-state index contributed by atoms with van der Waals surface area (Å²) in [5, 5.41) is 8.30. The Morgan fingerprint density at radius 3 is 2.70 bits per heavy atom. The first-order valence-electron chi connectivity index (χ1n) is 9.81. The van der Waals surface area contributed by atoms with Crippen LogP contribution in [0, 0.1) is 6.92 Å². The Bertz CT molecular complexity index is 1050. The van der Waals surface area contributed by atoms with Crippen molar-refractivity contribution in [2.24, 2.45) is 0 Å². The third kappa shape index (κ3) is 4.00. The van der Waals surface area contributed by atoms with Gasteiger partial charge in [0.05, 0.1) is 18.2 Å². The van der Waals surface area contributed by atoms with Crippen LogP contribution in [0.25, 0.3) is 11.1 Å². The van der Waals surface area contributed by atoms with E-state index < -0.39 is 0 Å². The van der Waals surface area contributed by atoms with Crippen LogP contribution < -0.4 is 4.90 Å². The predicted octanol–water partition coefficient (Wildman–Crippen LogP) is 3.46. The summed E-state index contributed by atoms with van der Waals surface area (Å²) in [5.74, 6) is 0.599. The standard InChI is InChI=1S/C21H23ClN6O2/c1-13-17(26-30-25-13)11-19(29)28-10-4-5-18(28)20-16(12-23-21(24-20)27(2)3)14-6-8-15(22)9-7-14/h6-9,12,18H,4-5,10-11H2,1-3H3/t18-/m0/s1. The van der Waals surface area contributed by atoms with Gasteiger partial charge in [0.25, 0.3) is 0 Å². The van der Waals surface area contributed by atoms with E-state index in [0.717, 1.165) is 29.7 Å². The second-order valence-corrected chi connectivity index (χ2v) is 8.02. The van der Waals surface area contributed by atoms with Crippen molar-refractivity contribution in [2.75, 3.05) is 25.5 Å². The molecule has 1 aromatic carbocycles. The van der Waals surface area contributed by atoms with Gasteiger partial charge in [0.1, 0.15) is 11.4 Å². The van der Waals surface area contributed by atoms with Crippen LogP contribution in [0.5, 0.6) is 0 Å². The van der Waals surface area contributed by atoms with Crippen LogP contribution in [0.3, 0.4) is 0 Å². The summed E-state index contributed by atoms with van der Waals surface area (Å²) in [7, 11) is 3.80. The average Bonchev–Trinajstić information content (AvgIpc) is 3.37. The maximum absolute atomic E-state index is 13.1. The van der Waals surface area contributed by atoms with E-state index in [1.54, 1.807) is 6.92 Å². The molecule has 1 aliphatic rings. The van der Waals surface area contributed by atoms with Crippen molar-refractivity contribution < 1.29 is 9.42 Å². The molecule has 0 radical (unpaired) electrons. The molecule has 0 saturated carbocycles. The lowest BCUT2D eigenvalue weighted by atomic mass is 9.99. The van der Waals surface area contributed by atoms with Gasteiger partial charge in [-0.1, -0.05) is 34.0 Å². The second kappa shape index (κ2) is 8.39. The van der Waals surface area contributed by atoms with E-state index in [1.807, 2.05) is 54.4 Å². The number of carbonyl (C=O) groups excluding carboxylic acids is 1. The molecule has 30 heavy (non-hydrogen) atoms. The third-order valence-electron chi connectivity index (χ3n) is 5.31. The Morgan fingerprint density at radius 2 is 2.03 bits per heavy atom. The number of carbonyl (C=O) groups is 1. The quantitative estimate of drug-likeness (QED) is 0.617. The van der Waals surface area contributed by atoms with Crippen molar-refractivity contribution in [3.05, 3.63) is 52.6 Å². The number of benzene rings is 1. The molecule has 9 heteroatoms. The Labute approximate surface area is 179 Å². The maximum atomic E-state index is 13.1. The highest BCUT2D eigenvalue weighted by Crippen LogP contribution is 2.37.